The van der Waals surface area contributed by atoms with Crippen LogP contribution in [-0.4, -0.2) is 35.8 Å². The van der Waals surface area contributed by atoms with Crippen LogP contribution in [0.4, 0.5) is 4.39 Å². The Morgan fingerprint density at radius 2 is 1.73 bits per heavy atom. The molecule has 8 heteroatoms. The molecule has 0 bridgehead atoms. The van der Waals surface area contributed by atoms with Gasteiger partial charge in [-0.1, -0.05) is 0 Å². The molecule has 4 N–H and O–H groups in total. The molecule has 3 aliphatic rings. The largest absolute Gasteiger partial charge is 0.351 e. The van der Waals surface area contributed by atoms with Gasteiger partial charge in [-0.3, -0.25) is 15.5 Å². The van der Waals surface area contributed by atoms with Crippen molar-refractivity contribution < 1.29 is 9.18 Å². The number of nitriles is 1. The van der Waals surface area contributed by atoms with E-state index in [1.807, 2.05) is 20.8 Å². The molecule has 1 saturated heterocycles. The van der Waals surface area contributed by atoms with Crippen molar-refractivity contribution in [3.63, 3.8) is 0 Å². The van der Waals surface area contributed by atoms with Gasteiger partial charge < -0.3 is 5.32 Å². The van der Waals surface area contributed by atoms with Gasteiger partial charge in [0.25, 0.3) is 0 Å². The normalized spacial score (nSPS) is 35.5. The summed E-state index contributed by atoms with van der Waals surface area (Å²) in [6.45, 7) is 6.10. The highest BCUT2D eigenvalue weighted by Gasteiger charge is 2.34. The van der Waals surface area contributed by atoms with Crippen molar-refractivity contribution in [2.24, 2.45) is 22.7 Å². The maximum Gasteiger partial charge on any atom is 0.229 e. The van der Waals surface area contributed by atoms with E-state index in [4.69, 9.17) is 10.3 Å². The molecule has 30 heavy (non-hydrogen) atoms. The van der Waals surface area contributed by atoms with Gasteiger partial charge >= 0.3 is 0 Å². The lowest BCUT2D eigenvalue weighted by molar-refractivity contribution is -0.124. The zero-order valence-electron chi connectivity index (χ0n) is 18.5. The predicted molar refractivity (Wildman–Crippen MR) is 115 cm³/mol. The summed E-state index contributed by atoms with van der Waals surface area (Å²) in [5, 5.41) is 15.4. The van der Waals surface area contributed by atoms with Crippen molar-refractivity contribution in [1.29, 1.82) is 5.26 Å². The van der Waals surface area contributed by atoms with Crippen molar-refractivity contribution in [2.75, 3.05) is 0 Å². The third-order valence-corrected chi connectivity index (χ3v) is 6.48. The van der Waals surface area contributed by atoms with Crippen LogP contribution in [0.3, 0.4) is 0 Å². The maximum absolute atomic E-state index is 13.4. The van der Waals surface area contributed by atoms with Gasteiger partial charge in [-0.15, -0.1) is 0 Å². The summed E-state index contributed by atoms with van der Waals surface area (Å²) in [6.07, 6.45) is 6.21. The van der Waals surface area contributed by atoms with Crippen LogP contribution in [0.15, 0.2) is 4.99 Å². The monoisotopic (exact) mass is 420 g/mol. The second-order valence-electron chi connectivity index (χ2n) is 10.2. The molecule has 0 aromatic carbocycles. The van der Waals surface area contributed by atoms with Gasteiger partial charge in [0, 0.05) is 29.8 Å². The SMILES string of the molecule is CC(C)(C)N/C(=N\C1CC(C2CCC(F)CC2)NN1)NC(=O)C1CCC(C#N)CC1. The minimum Gasteiger partial charge on any atom is -0.351 e. The number of guanidine groups is 1. The zero-order chi connectivity index (χ0) is 21.7. The highest BCUT2D eigenvalue weighted by Crippen LogP contribution is 2.31. The number of nitrogens with one attached hydrogen (secondary N) is 4. The Bertz CT molecular complexity index is 654. The van der Waals surface area contributed by atoms with Crippen molar-refractivity contribution in [1.82, 2.24) is 21.5 Å². The second-order valence-corrected chi connectivity index (χ2v) is 10.2. The Kier molecular flexibility index (Phi) is 7.70. The molecule has 7 nitrogen and oxygen atoms in total. The Morgan fingerprint density at radius 3 is 2.33 bits per heavy atom. The van der Waals surface area contributed by atoms with Gasteiger partial charge in [-0.2, -0.15) is 5.26 Å². The zero-order valence-corrected chi connectivity index (χ0v) is 18.5. The van der Waals surface area contributed by atoms with Crippen LogP contribution in [0, 0.1) is 29.1 Å². The summed E-state index contributed by atoms with van der Waals surface area (Å²) in [5.74, 6) is 0.939. The lowest BCUT2D eigenvalue weighted by atomic mass is 9.82. The van der Waals surface area contributed by atoms with E-state index in [0.29, 0.717) is 24.7 Å². The number of hydrazine groups is 1. The molecule has 2 atom stereocenters. The van der Waals surface area contributed by atoms with E-state index in [9.17, 15) is 9.18 Å². The van der Waals surface area contributed by atoms with E-state index in [0.717, 1.165) is 44.9 Å². The van der Waals surface area contributed by atoms with Crippen molar-refractivity contribution in [3.8, 4) is 6.07 Å². The average Bonchev–Trinajstić information content (AvgIpc) is 3.15. The average molecular weight is 421 g/mol. The standard InChI is InChI=1S/C22H37FN6O/c1-22(2,3)27-21(26-20(30)16-6-4-14(13-24)5-7-16)25-19-12-18(28-29-19)15-8-10-17(23)11-9-15/h14-19,28-29H,4-12H2,1-3H3,(H2,25,26,27,30). The molecule has 3 fully saturated rings. The summed E-state index contributed by atoms with van der Waals surface area (Å²) in [7, 11) is 0. The van der Waals surface area contributed by atoms with Crippen LogP contribution in [0.1, 0.15) is 78.6 Å². The molecule has 0 aromatic heterocycles. The minimum absolute atomic E-state index is 0.0225. The topological polar surface area (TPSA) is 101 Å². The van der Waals surface area contributed by atoms with Crippen LogP contribution in [0.2, 0.25) is 0 Å². The molecule has 2 aliphatic carbocycles. The molecule has 1 amide bonds. The Morgan fingerprint density at radius 1 is 1.07 bits per heavy atom. The quantitative estimate of drug-likeness (QED) is 0.415. The number of hydrogen-bond acceptors (Lipinski definition) is 5. The number of carbonyl (C=O) groups excluding carboxylic acids is 1. The van der Waals surface area contributed by atoms with Gasteiger partial charge in [-0.05, 0) is 78.1 Å². The fraction of sp³-hybridized carbons (Fsp3) is 0.864. The van der Waals surface area contributed by atoms with Crippen LogP contribution >= 0.6 is 0 Å². The van der Waals surface area contributed by atoms with Gasteiger partial charge in [-0.25, -0.2) is 14.8 Å². The molecular weight excluding hydrogens is 383 g/mol. The first-order valence-electron chi connectivity index (χ1n) is 11.4. The van der Waals surface area contributed by atoms with Crippen molar-refractivity contribution >= 4 is 11.9 Å². The van der Waals surface area contributed by atoms with Gasteiger partial charge in [0.15, 0.2) is 5.96 Å². The number of hydrogen-bond donors (Lipinski definition) is 4. The highest BCUT2D eigenvalue weighted by molar-refractivity contribution is 5.98. The molecule has 2 unspecified atom stereocenters. The molecule has 3 rings (SSSR count). The first-order valence-corrected chi connectivity index (χ1v) is 11.4. The third-order valence-electron chi connectivity index (χ3n) is 6.48. The van der Waals surface area contributed by atoms with E-state index in [1.165, 1.54) is 0 Å². The second kappa shape index (κ2) is 10.1. The number of carbonyl (C=O) groups is 1. The first-order chi connectivity index (χ1) is 14.2. The number of alkyl halides is 1. The Labute approximate surface area is 179 Å². The van der Waals surface area contributed by atoms with Gasteiger partial charge in [0.1, 0.15) is 12.3 Å². The maximum atomic E-state index is 13.4. The summed E-state index contributed by atoms with van der Waals surface area (Å²) >= 11 is 0. The van der Waals surface area contributed by atoms with Gasteiger partial charge in [0.05, 0.1) is 6.07 Å². The molecule has 0 spiro atoms. The third kappa shape index (κ3) is 6.64. The predicted octanol–water partition coefficient (Wildman–Crippen LogP) is 2.90. The lowest BCUT2D eigenvalue weighted by Crippen LogP contribution is -2.51. The lowest BCUT2D eigenvalue weighted by Gasteiger charge is -2.28. The first kappa shape index (κ1) is 23.0. The van der Waals surface area contributed by atoms with E-state index < -0.39 is 6.17 Å². The van der Waals surface area contributed by atoms with Crippen molar-refractivity contribution in [2.45, 2.75) is 102 Å². The van der Waals surface area contributed by atoms with E-state index in [2.05, 4.69) is 27.6 Å². The molecule has 2 saturated carbocycles. The van der Waals surface area contributed by atoms with Crippen molar-refractivity contribution in [3.05, 3.63) is 0 Å². The van der Waals surface area contributed by atoms with Crippen LogP contribution in [0.5, 0.6) is 0 Å². The number of halogens is 1. The van der Waals surface area contributed by atoms with E-state index in [-0.39, 0.29) is 35.5 Å². The number of nitrogens with zero attached hydrogens (tertiary/aromatic N) is 2. The molecule has 1 aliphatic heterocycles. The number of amides is 1. The number of rotatable bonds is 3. The minimum atomic E-state index is -0.648. The van der Waals surface area contributed by atoms with Crippen LogP contribution < -0.4 is 21.5 Å². The fourth-order valence-corrected chi connectivity index (χ4v) is 4.75. The Balaban J connectivity index is 1.58. The summed E-state index contributed by atoms with van der Waals surface area (Å²) in [5.41, 5.74) is 6.34. The molecular formula is C22H37FN6O. The summed E-state index contributed by atoms with van der Waals surface area (Å²) in [4.78, 5) is 17.6. The van der Waals surface area contributed by atoms with E-state index >= 15 is 0 Å². The molecule has 1 heterocycles. The molecule has 0 aromatic rings. The summed E-state index contributed by atoms with van der Waals surface area (Å²) in [6, 6.07) is 2.59. The molecule has 0 radical (unpaired) electrons. The van der Waals surface area contributed by atoms with Crippen LogP contribution in [-0.2, 0) is 4.79 Å². The van der Waals surface area contributed by atoms with Crippen LogP contribution in [0.25, 0.3) is 0 Å². The fourth-order valence-electron chi connectivity index (χ4n) is 4.75. The summed E-state index contributed by atoms with van der Waals surface area (Å²) < 4.78 is 13.4. The van der Waals surface area contributed by atoms with Gasteiger partial charge in [0.2, 0.25) is 5.91 Å². The molecule has 168 valence electrons. The van der Waals surface area contributed by atoms with E-state index in [1.54, 1.807) is 0 Å². The smallest absolute Gasteiger partial charge is 0.229 e. The number of aliphatic imine (C=N–C) groups is 1. The Hall–Kier alpha value is -1.72. The highest BCUT2D eigenvalue weighted by atomic mass is 19.1.